The van der Waals surface area contributed by atoms with E-state index >= 15 is 0 Å². The zero-order valence-electron chi connectivity index (χ0n) is 8.63. The minimum Gasteiger partial charge on any atom is -0.337 e. The number of nitrogens with one attached hydrogen (secondary N) is 1. The van der Waals surface area contributed by atoms with Crippen molar-refractivity contribution in [2.45, 2.75) is 32.2 Å². The van der Waals surface area contributed by atoms with E-state index < -0.39 is 5.54 Å². The van der Waals surface area contributed by atoms with Gasteiger partial charge in [0.1, 0.15) is 5.54 Å². The summed E-state index contributed by atoms with van der Waals surface area (Å²) >= 11 is 0. The first-order valence-electron chi connectivity index (χ1n) is 4.72. The molecule has 1 aromatic heterocycles. The number of hydrogen-bond donors (Lipinski definition) is 1. The van der Waals surface area contributed by atoms with Crippen molar-refractivity contribution in [3.8, 4) is 11.8 Å². The van der Waals surface area contributed by atoms with Crippen LogP contribution in [0, 0.1) is 18.8 Å². The average molecular weight is 205 g/mol. The van der Waals surface area contributed by atoms with Gasteiger partial charge in [0.2, 0.25) is 0 Å². The van der Waals surface area contributed by atoms with Crippen LogP contribution in [0.15, 0.2) is 4.52 Å². The number of hydrogen-bond acceptors (Lipinski definition) is 4. The molecule has 78 valence electrons. The molecule has 0 atom stereocenters. The molecular formula is C10H11N3O2. The molecule has 1 saturated carbocycles. The van der Waals surface area contributed by atoms with E-state index in [1.54, 1.807) is 13.8 Å². The highest BCUT2D eigenvalue weighted by Crippen LogP contribution is 2.44. The fourth-order valence-corrected chi connectivity index (χ4v) is 1.37. The van der Waals surface area contributed by atoms with E-state index in [-0.39, 0.29) is 5.91 Å². The van der Waals surface area contributed by atoms with Crippen molar-refractivity contribution >= 4 is 5.91 Å². The standard InChI is InChI=1S/C10H11N3O2/c1-3-4-8(14)12-10(5-6-10)9-11-7(2)13-15-9/h5-6H2,1-2H3,(H,12,14). The zero-order chi connectivity index (χ0) is 10.9. The highest BCUT2D eigenvalue weighted by atomic mass is 16.5. The number of aromatic nitrogens is 2. The van der Waals surface area contributed by atoms with Crippen molar-refractivity contribution in [2.24, 2.45) is 0 Å². The molecule has 0 aliphatic heterocycles. The van der Waals surface area contributed by atoms with Crippen LogP contribution >= 0.6 is 0 Å². The van der Waals surface area contributed by atoms with Crippen molar-refractivity contribution < 1.29 is 9.32 Å². The maximum Gasteiger partial charge on any atom is 0.296 e. The molecule has 1 aromatic rings. The zero-order valence-corrected chi connectivity index (χ0v) is 8.63. The minimum absolute atomic E-state index is 0.300. The van der Waals surface area contributed by atoms with E-state index in [4.69, 9.17) is 4.52 Å². The second-order valence-electron chi connectivity index (χ2n) is 3.56. The average Bonchev–Trinajstić information content (AvgIpc) is 2.81. The van der Waals surface area contributed by atoms with Gasteiger partial charge in [-0.1, -0.05) is 11.1 Å². The summed E-state index contributed by atoms with van der Waals surface area (Å²) in [5.41, 5.74) is -0.456. The molecule has 0 aromatic carbocycles. The van der Waals surface area contributed by atoms with Crippen molar-refractivity contribution in [2.75, 3.05) is 0 Å². The number of carbonyl (C=O) groups excluding carboxylic acids is 1. The van der Waals surface area contributed by atoms with Crippen molar-refractivity contribution in [3.05, 3.63) is 11.7 Å². The summed E-state index contributed by atoms with van der Waals surface area (Å²) in [6.45, 7) is 3.37. The fraction of sp³-hybridized carbons (Fsp3) is 0.500. The first-order chi connectivity index (χ1) is 7.16. The normalized spacial score (nSPS) is 16.4. The molecule has 1 heterocycles. The lowest BCUT2D eigenvalue weighted by Gasteiger charge is -2.09. The third-order valence-electron chi connectivity index (χ3n) is 2.28. The number of aryl methyl sites for hydroxylation is 1. The molecule has 0 spiro atoms. The Morgan fingerprint density at radius 2 is 2.33 bits per heavy atom. The second kappa shape index (κ2) is 3.39. The summed E-state index contributed by atoms with van der Waals surface area (Å²) in [5.74, 6) is 5.73. The number of carbonyl (C=O) groups is 1. The lowest BCUT2D eigenvalue weighted by Crippen LogP contribution is -2.34. The number of rotatable bonds is 2. The van der Waals surface area contributed by atoms with Gasteiger partial charge < -0.3 is 9.84 Å². The van der Waals surface area contributed by atoms with Crippen LogP contribution in [-0.2, 0) is 10.3 Å². The van der Waals surface area contributed by atoms with E-state index in [0.29, 0.717) is 11.7 Å². The van der Waals surface area contributed by atoms with Crippen LogP contribution in [0.25, 0.3) is 0 Å². The molecule has 0 radical (unpaired) electrons. The van der Waals surface area contributed by atoms with E-state index in [9.17, 15) is 4.79 Å². The second-order valence-corrected chi connectivity index (χ2v) is 3.56. The van der Waals surface area contributed by atoms with Gasteiger partial charge in [0.25, 0.3) is 11.8 Å². The lowest BCUT2D eigenvalue weighted by atomic mass is 10.2. The highest BCUT2D eigenvalue weighted by Gasteiger charge is 2.50. The van der Waals surface area contributed by atoms with Gasteiger partial charge >= 0.3 is 0 Å². The van der Waals surface area contributed by atoms with Crippen molar-refractivity contribution in [3.63, 3.8) is 0 Å². The third-order valence-corrected chi connectivity index (χ3v) is 2.28. The molecule has 0 saturated heterocycles. The summed E-state index contributed by atoms with van der Waals surface area (Å²) in [6, 6.07) is 0. The van der Waals surface area contributed by atoms with E-state index in [2.05, 4.69) is 27.3 Å². The van der Waals surface area contributed by atoms with E-state index in [1.165, 1.54) is 0 Å². The predicted octanol–water partition coefficient (Wildman–Crippen LogP) is 0.507. The Hall–Kier alpha value is -1.83. The summed E-state index contributed by atoms with van der Waals surface area (Å²) in [5, 5.41) is 6.49. The largest absolute Gasteiger partial charge is 0.337 e. The van der Waals surface area contributed by atoms with Gasteiger partial charge in [-0.25, -0.2) is 0 Å². The maximum atomic E-state index is 11.3. The predicted molar refractivity (Wildman–Crippen MR) is 51.5 cm³/mol. The third kappa shape index (κ3) is 1.84. The molecule has 1 N–H and O–H groups in total. The molecule has 2 rings (SSSR count). The SMILES string of the molecule is CC#CC(=O)NC1(c2nc(C)no2)CC1. The van der Waals surface area contributed by atoms with E-state index in [1.807, 2.05) is 0 Å². The summed E-state index contributed by atoms with van der Waals surface area (Å²) in [7, 11) is 0. The first-order valence-corrected chi connectivity index (χ1v) is 4.72. The summed E-state index contributed by atoms with van der Waals surface area (Å²) in [6.07, 6.45) is 1.65. The summed E-state index contributed by atoms with van der Waals surface area (Å²) < 4.78 is 5.05. The topological polar surface area (TPSA) is 68.0 Å². The Balaban J connectivity index is 2.13. The van der Waals surface area contributed by atoms with Gasteiger partial charge in [0.05, 0.1) is 0 Å². The molecule has 1 aliphatic rings. The lowest BCUT2D eigenvalue weighted by molar-refractivity contribution is -0.116. The Morgan fingerprint density at radius 1 is 1.60 bits per heavy atom. The van der Waals surface area contributed by atoms with Gasteiger partial charge in [-0.05, 0) is 32.6 Å². The molecule has 0 bridgehead atoms. The quantitative estimate of drug-likeness (QED) is 0.714. The van der Waals surface area contributed by atoms with E-state index in [0.717, 1.165) is 12.8 Å². The van der Waals surface area contributed by atoms with Crippen LogP contribution in [0.5, 0.6) is 0 Å². The fourth-order valence-electron chi connectivity index (χ4n) is 1.37. The van der Waals surface area contributed by atoms with Gasteiger partial charge in [-0.3, -0.25) is 4.79 Å². The number of amides is 1. The molecule has 15 heavy (non-hydrogen) atoms. The van der Waals surface area contributed by atoms with Crippen LogP contribution in [-0.4, -0.2) is 16.0 Å². The van der Waals surface area contributed by atoms with Crippen LogP contribution < -0.4 is 5.32 Å². The Bertz CT molecular complexity index is 449. The van der Waals surface area contributed by atoms with Crippen LogP contribution in [0.3, 0.4) is 0 Å². The van der Waals surface area contributed by atoms with Crippen molar-refractivity contribution in [1.82, 2.24) is 15.5 Å². The molecule has 1 fully saturated rings. The van der Waals surface area contributed by atoms with Crippen LogP contribution in [0.1, 0.15) is 31.5 Å². The van der Waals surface area contributed by atoms with Gasteiger partial charge in [-0.2, -0.15) is 4.98 Å². The smallest absolute Gasteiger partial charge is 0.296 e. The minimum atomic E-state index is -0.456. The van der Waals surface area contributed by atoms with Gasteiger partial charge in [-0.15, -0.1) is 0 Å². The number of nitrogens with zero attached hydrogens (tertiary/aromatic N) is 2. The molecule has 0 unspecified atom stereocenters. The van der Waals surface area contributed by atoms with Crippen LogP contribution in [0.2, 0.25) is 0 Å². The molecule has 1 amide bonds. The summed E-state index contributed by atoms with van der Waals surface area (Å²) in [4.78, 5) is 15.4. The van der Waals surface area contributed by atoms with Gasteiger partial charge in [0, 0.05) is 0 Å². The molecule has 5 nitrogen and oxygen atoms in total. The van der Waals surface area contributed by atoms with Crippen molar-refractivity contribution in [1.29, 1.82) is 0 Å². The first kappa shape index (κ1) is 9.71. The maximum absolute atomic E-state index is 11.3. The monoisotopic (exact) mass is 205 g/mol. The molecular weight excluding hydrogens is 194 g/mol. The van der Waals surface area contributed by atoms with Gasteiger partial charge in [0.15, 0.2) is 5.82 Å². The highest BCUT2D eigenvalue weighted by molar-refractivity contribution is 5.94. The molecule has 5 heteroatoms. The Kier molecular flexibility index (Phi) is 2.19. The Morgan fingerprint density at radius 3 is 2.80 bits per heavy atom. The van der Waals surface area contributed by atoms with Crippen LogP contribution in [0.4, 0.5) is 0 Å². The Labute approximate surface area is 87.2 Å². The molecule has 1 aliphatic carbocycles.